The van der Waals surface area contributed by atoms with Gasteiger partial charge in [0.15, 0.2) is 0 Å². The van der Waals surface area contributed by atoms with Crippen LogP contribution in [0.2, 0.25) is 0 Å². The van der Waals surface area contributed by atoms with Crippen LogP contribution in [0.25, 0.3) is 0 Å². The predicted octanol–water partition coefficient (Wildman–Crippen LogP) is 2.23. The highest BCUT2D eigenvalue weighted by molar-refractivity contribution is 4.93. The molecule has 0 aliphatic heterocycles. The van der Waals surface area contributed by atoms with Crippen molar-refractivity contribution in [3.05, 3.63) is 0 Å². The molecule has 0 heterocycles. The Morgan fingerprint density at radius 1 is 1.38 bits per heavy atom. The van der Waals surface area contributed by atoms with Crippen LogP contribution in [0.5, 0.6) is 0 Å². The van der Waals surface area contributed by atoms with Crippen LogP contribution < -0.4 is 0 Å². The average molecular weight is 185 g/mol. The Morgan fingerprint density at radius 2 is 2.08 bits per heavy atom. The quantitative estimate of drug-likeness (QED) is 0.641. The predicted molar refractivity (Wildman–Crippen MR) is 55.5 cm³/mol. The molecule has 13 heavy (non-hydrogen) atoms. The molecule has 78 valence electrons. The van der Waals surface area contributed by atoms with Crippen LogP contribution in [0.1, 0.15) is 46.0 Å². The number of rotatable bonds is 6. The minimum absolute atomic E-state index is 0.211. The summed E-state index contributed by atoms with van der Waals surface area (Å²) >= 11 is 0. The van der Waals surface area contributed by atoms with E-state index in [9.17, 15) is 5.11 Å². The van der Waals surface area contributed by atoms with Gasteiger partial charge in [0.25, 0.3) is 0 Å². The molecule has 1 aliphatic rings. The van der Waals surface area contributed by atoms with Gasteiger partial charge in [0.2, 0.25) is 0 Å². The maximum absolute atomic E-state index is 9.74. The SMILES string of the molecule is CCCC1CC1N(C)C(O)CCC. The molecule has 0 aromatic carbocycles. The number of hydrogen-bond acceptors (Lipinski definition) is 2. The maximum Gasteiger partial charge on any atom is 0.107 e. The summed E-state index contributed by atoms with van der Waals surface area (Å²) in [5.41, 5.74) is 0. The molecular weight excluding hydrogens is 162 g/mol. The first-order valence-corrected chi connectivity index (χ1v) is 5.60. The van der Waals surface area contributed by atoms with E-state index in [1.165, 1.54) is 19.3 Å². The van der Waals surface area contributed by atoms with E-state index in [0.717, 1.165) is 18.8 Å². The molecule has 0 aromatic rings. The lowest BCUT2D eigenvalue weighted by atomic mass is 10.2. The number of aliphatic hydroxyl groups excluding tert-OH is 1. The van der Waals surface area contributed by atoms with E-state index >= 15 is 0 Å². The fraction of sp³-hybridized carbons (Fsp3) is 1.00. The van der Waals surface area contributed by atoms with Crippen LogP contribution in [0.3, 0.4) is 0 Å². The van der Waals surface area contributed by atoms with Crippen molar-refractivity contribution in [2.45, 2.75) is 58.2 Å². The molecular formula is C11H23NO. The van der Waals surface area contributed by atoms with Gasteiger partial charge >= 0.3 is 0 Å². The zero-order valence-corrected chi connectivity index (χ0v) is 9.16. The van der Waals surface area contributed by atoms with Crippen molar-refractivity contribution < 1.29 is 5.11 Å². The van der Waals surface area contributed by atoms with Crippen molar-refractivity contribution >= 4 is 0 Å². The van der Waals surface area contributed by atoms with Gasteiger partial charge in [-0.15, -0.1) is 0 Å². The maximum atomic E-state index is 9.74. The molecule has 0 spiro atoms. The lowest BCUT2D eigenvalue weighted by Crippen LogP contribution is -2.34. The van der Waals surface area contributed by atoms with Crippen LogP contribution in [0.15, 0.2) is 0 Å². The molecule has 2 nitrogen and oxygen atoms in total. The Balaban J connectivity index is 2.21. The zero-order chi connectivity index (χ0) is 9.84. The number of nitrogens with zero attached hydrogens (tertiary/aromatic N) is 1. The molecule has 0 aromatic heterocycles. The second kappa shape index (κ2) is 4.97. The van der Waals surface area contributed by atoms with Gasteiger partial charge in [-0.3, -0.25) is 4.90 Å². The Morgan fingerprint density at radius 3 is 2.62 bits per heavy atom. The summed E-state index contributed by atoms with van der Waals surface area (Å²) in [6, 6.07) is 0.668. The zero-order valence-electron chi connectivity index (χ0n) is 9.16. The summed E-state index contributed by atoms with van der Waals surface area (Å²) in [5.74, 6) is 0.863. The number of aliphatic hydroxyl groups is 1. The fourth-order valence-corrected chi connectivity index (χ4v) is 2.09. The van der Waals surface area contributed by atoms with Gasteiger partial charge in [-0.2, -0.15) is 0 Å². The molecule has 1 saturated carbocycles. The Kier molecular flexibility index (Phi) is 4.20. The van der Waals surface area contributed by atoms with E-state index in [1.807, 2.05) is 0 Å². The lowest BCUT2D eigenvalue weighted by Gasteiger charge is -2.23. The van der Waals surface area contributed by atoms with Crippen LogP contribution in [0.4, 0.5) is 0 Å². The third-order valence-electron chi connectivity index (χ3n) is 3.08. The molecule has 3 atom stereocenters. The molecule has 1 rings (SSSR count). The molecule has 0 bridgehead atoms. The normalized spacial score (nSPS) is 29.3. The Labute approximate surface area is 81.9 Å². The molecule has 1 fully saturated rings. The van der Waals surface area contributed by atoms with E-state index in [-0.39, 0.29) is 6.23 Å². The van der Waals surface area contributed by atoms with Gasteiger partial charge in [-0.1, -0.05) is 26.7 Å². The standard InChI is InChI=1S/C11H23NO/c1-4-6-9-8-10(9)12(3)11(13)7-5-2/h9-11,13H,4-8H2,1-3H3. The molecule has 1 aliphatic carbocycles. The van der Waals surface area contributed by atoms with Crippen molar-refractivity contribution in [3.8, 4) is 0 Å². The van der Waals surface area contributed by atoms with Crippen molar-refractivity contribution in [1.29, 1.82) is 0 Å². The first kappa shape index (κ1) is 11.0. The van der Waals surface area contributed by atoms with Crippen LogP contribution >= 0.6 is 0 Å². The highest BCUT2D eigenvalue weighted by atomic mass is 16.3. The second-order valence-corrected chi connectivity index (χ2v) is 4.29. The van der Waals surface area contributed by atoms with Crippen LogP contribution in [-0.4, -0.2) is 29.3 Å². The fourth-order valence-electron chi connectivity index (χ4n) is 2.09. The van der Waals surface area contributed by atoms with E-state index in [1.54, 1.807) is 0 Å². The van der Waals surface area contributed by atoms with E-state index in [0.29, 0.717) is 6.04 Å². The Bertz CT molecular complexity index is 149. The van der Waals surface area contributed by atoms with E-state index in [4.69, 9.17) is 0 Å². The van der Waals surface area contributed by atoms with Crippen molar-refractivity contribution in [2.75, 3.05) is 7.05 Å². The summed E-state index contributed by atoms with van der Waals surface area (Å²) in [5, 5.41) is 9.74. The highest BCUT2D eigenvalue weighted by Crippen LogP contribution is 2.39. The monoisotopic (exact) mass is 185 g/mol. The minimum Gasteiger partial charge on any atom is -0.378 e. The van der Waals surface area contributed by atoms with Crippen LogP contribution in [-0.2, 0) is 0 Å². The third kappa shape index (κ3) is 2.96. The molecule has 0 saturated heterocycles. The summed E-state index contributed by atoms with van der Waals surface area (Å²) in [6.45, 7) is 4.35. The van der Waals surface area contributed by atoms with E-state index < -0.39 is 0 Å². The van der Waals surface area contributed by atoms with Crippen LogP contribution in [0, 0.1) is 5.92 Å². The summed E-state index contributed by atoms with van der Waals surface area (Å²) < 4.78 is 0. The minimum atomic E-state index is -0.211. The summed E-state index contributed by atoms with van der Waals surface area (Å²) in [4.78, 5) is 2.16. The molecule has 2 heteroatoms. The second-order valence-electron chi connectivity index (χ2n) is 4.29. The van der Waals surface area contributed by atoms with Crippen molar-refractivity contribution in [1.82, 2.24) is 4.90 Å². The first-order valence-electron chi connectivity index (χ1n) is 5.60. The highest BCUT2D eigenvalue weighted by Gasteiger charge is 2.40. The molecule has 0 amide bonds. The lowest BCUT2D eigenvalue weighted by molar-refractivity contribution is 0.00646. The van der Waals surface area contributed by atoms with Gasteiger partial charge in [0.05, 0.1) is 0 Å². The molecule has 0 radical (unpaired) electrons. The van der Waals surface area contributed by atoms with Crippen molar-refractivity contribution in [3.63, 3.8) is 0 Å². The molecule has 1 N–H and O–H groups in total. The van der Waals surface area contributed by atoms with Gasteiger partial charge in [-0.25, -0.2) is 0 Å². The van der Waals surface area contributed by atoms with Crippen molar-refractivity contribution in [2.24, 2.45) is 5.92 Å². The topological polar surface area (TPSA) is 23.5 Å². The van der Waals surface area contributed by atoms with Gasteiger partial charge in [-0.05, 0) is 32.2 Å². The number of hydrogen-bond donors (Lipinski definition) is 1. The first-order chi connectivity index (χ1) is 6.20. The average Bonchev–Trinajstić information content (AvgIpc) is 2.84. The summed E-state index contributed by atoms with van der Waals surface area (Å²) in [7, 11) is 2.06. The third-order valence-corrected chi connectivity index (χ3v) is 3.08. The molecule has 3 unspecified atom stereocenters. The van der Waals surface area contributed by atoms with E-state index in [2.05, 4.69) is 25.8 Å². The summed E-state index contributed by atoms with van der Waals surface area (Å²) in [6.07, 6.45) is 5.66. The van der Waals surface area contributed by atoms with Gasteiger partial charge in [0, 0.05) is 6.04 Å². The van der Waals surface area contributed by atoms with Gasteiger partial charge < -0.3 is 5.11 Å². The van der Waals surface area contributed by atoms with Gasteiger partial charge in [0.1, 0.15) is 6.23 Å². The Hall–Kier alpha value is -0.0800. The smallest absolute Gasteiger partial charge is 0.107 e. The largest absolute Gasteiger partial charge is 0.378 e.